The molecule has 0 spiro atoms. The molecular weight excluding hydrogens is 616 g/mol. The lowest BCUT2D eigenvalue weighted by molar-refractivity contribution is -0.138. The van der Waals surface area contributed by atoms with Crippen molar-refractivity contribution in [3.63, 3.8) is 0 Å². The number of carboxylic acids is 1. The molecule has 2 heterocycles. The minimum Gasteiger partial charge on any atom is -0.493 e. The number of aromatic nitrogens is 1. The van der Waals surface area contributed by atoms with E-state index in [1.54, 1.807) is 54.0 Å². The van der Waals surface area contributed by atoms with Gasteiger partial charge in [-0.2, -0.15) is 0 Å². The van der Waals surface area contributed by atoms with Crippen LogP contribution in [0.25, 0.3) is 11.8 Å². The minimum atomic E-state index is -1.01. The molecule has 1 aliphatic heterocycles. The predicted molar refractivity (Wildman–Crippen MR) is 178 cm³/mol. The number of aromatic carboxylic acids is 1. The second-order valence-electron chi connectivity index (χ2n) is 10.5. The first-order valence-electron chi connectivity index (χ1n) is 14.8. The van der Waals surface area contributed by atoms with E-state index in [-0.39, 0.29) is 24.3 Å². The zero-order valence-electron chi connectivity index (χ0n) is 25.6. The van der Waals surface area contributed by atoms with Crippen LogP contribution in [0.2, 0.25) is 0 Å². The normalized spacial score (nSPS) is 14.3. The quantitative estimate of drug-likeness (QED) is 0.207. The van der Waals surface area contributed by atoms with Gasteiger partial charge < -0.3 is 19.3 Å². The van der Waals surface area contributed by atoms with E-state index in [0.717, 1.165) is 11.1 Å². The summed E-state index contributed by atoms with van der Waals surface area (Å²) in [6.45, 7) is 2.06. The highest BCUT2D eigenvalue weighted by atomic mass is 32.1. The van der Waals surface area contributed by atoms with Crippen LogP contribution in [0.3, 0.4) is 0 Å². The predicted octanol–water partition coefficient (Wildman–Crippen LogP) is 5.22. The van der Waals surface area contributed by atoms with Crippen molar-refractivity contribution in [3.05, 3.63) is 156 Å². The fourth-order valence-corrected chi connectivity index (χ4v) is 6.39. The molecule has 1 atom stereocenters. The molecule has 1 aliphatic rings. The maximum atomic E-state index is 14.1. The van der Waals surface area contributed by atoms with Gasteiger partial charge in [-0.25, -0.2) is 14.6 Å². The number of hydrogen-bond donors (Lipinski definition) is 1. The Balaban J connectivity index is 1.43. The van der Waals surface area contributed by atoms with Crippen molar-refractivity contribution in [1.82, 2.24) is 4.57 Å². The van der Waals surface area contributed by atoms with E-state index in [4.69, 9.17) is 19.2 Å². The standard InChI is InChI=1S/C37H30N2O7S/c1-3-45-36(43)31-32(25-12-6-4-7-13-25)38-37-39(33(31)26-14-8-5-9-15-26)34(40)30(47-37)21-23-17-18-28(29(20-23)44-2)46-22-24-11-10-16-27(19-24)35(41)42/h4-21,33H,3,22H2,1-2H3,(H,41,42)/b30-21-/t33-/m1/s1. The molecule has 236 valence electrons. The molecule has 0 fully saturated rings. The van der Waals surface area contributed by atoms with Gasteiger partial charge in [0.2, 0.25) is 0 Å². The number of esters is 1. The van der Waals surface area contributed by atoms with Crippen molar-refractivity contribution >= 4 is 35.0 Å². The Morgan fingerprint density at radius 2 is 1.68 bits per heavy atom. The van der Waals surface area contributed by atoms with Crippen LogP contribution < -0.4 is 24.4 Å². The third kappa shape index (κ3) is 6.49. The van der Waals surface area contributed by atoms with Gasteiger partial charge in [0.15, 0.2) is 16.3 Å². The first-order chi connectivity index (χ1) is 22.9. The lowest BCUT2D eigenvalue weighted by Crippen LogP contribution is -2.39. The van der Waals surface area contributed by atoms with Crippen LogP contribution >= 0.6 is 11.3 Å². The van der Waals surface area contributed by atoms with Crippen LogP contribution in [0.1, 0.15) is 45.6 Å². The van der Waals surface area contributed by atoms with Gasteiger partial charge in [-0.3, -0.25) is 9.36 Å². The number of hydrogen-bond acceptors (Lipinski definition) is 8. The number of fused-ring (bicyclic) bond motifs is 1. The van der Waals surface area contributed by atoms with Gasteiger partial charge in [-0.1, -0.05) is 90.2 Å². The summed E-state index contributed by atoms with van der Waals surface area (Å²) in [5.41, 5.74) is 3.51. The van der Waals surface area contributed by atoms with Crippen molar-refractivity contribution in [3.8, 4) is 11.5 Å². The SMILES string of the molecule is CCOC(=O)C1=C(c2ccccc2)N=c2s/c(=C\c3ccc(OCc4cccc(C(=O)O)c4)c(OC)c3)c(=O)n2[C@@H]1c1ccccc1. The summed E-state index contributed by atoms with van der Waals surface area (Å²) in [5, 5.41) is 9.28. The number of ether oxygens (including phenoxy) is 3. The molecule has 47 heavy (non-hydrogen) atoms. The number of carboxylic acid groups (broad SMARTS) is 1. The number of benzene rings is 4. The van der Waals surface area contributed by atoms with Gasteiger partial charge >= 0.3 is 11.9 Å². The third-order valence-electron chi connectivity index (χ3n) is 7.54. The number of carbonyl (C=O) groups is 2. The minimum absolute atomic E-state index is 0.140. The number of carbonyl (C=O) groups excluding carboxylic acids is 1. The van der Waals surface area contributed by atoms with Crippen molar-refractivity contribution in [2.24, 2.45) is 4.99 Å². The molecular formula is C37H30N2O7S. The summed E-state index contributed by atoms with van der Waals surface area (Å²) in [4.78, 5) is 44.4. The zero-order chi connectivity index (χ0) is 32.9. The van der Waals surface area contributed by atoms with E-state index in [9.17, 15) is 19.5 Å². The van der Waals surface area contributed by atoms with E-state index in [1.165, 1.54) is 24.5 Å². The first-order valence-corrected chi connectivity index (χ1v) is 15.7. The lowest BCUT2D eigenvalue weighted by Gasteiger charge is -2.25. The molecule has 1 N–H and O–H groups in total. The number of rotatable bonds is 10. The Hall–Kier alpha value is -5.74. The zero-order valence-corrected chi connectivity index (χ0v) is 26.4. The largest absolute Gasteiger partial charge is 0.493 e. The topological polar surface area (TPSA) is 116 Å². The van der Waals surface area contributed by atoms with E-state index < -0.39 is 18.0 Å². The fourth-order valence-electron chi connectivity index (χ4n) is 5.39. The van der Waals surface area contributed by atoms with Gasteiger partial charge in [0.25, 0.3) is 5.56 Å². The van der Waals surface area contributed by atoms with Crippen molar-refractivity contribution in [2.45, 2.75) is 19.6 Å². The van der Waals surface area contributed by atoms with Crippen LogP contribution in [0.5, 0.6) is 11.5 Å². The third-order valence-corrected chi connectivity index (χ3v) is 8.53. The molecule has 0 amide bonds. The molecule has 4 aromatic carbocycles. The molecule has 0 saturated heterocycles. The number of methoxy groups -OCH3 is 1. The molecule has 0 unspecified atom stereocenters. The summed E-state index contributed by atoms with van der Waals surface area (Å²) in [6, 6.07) is 29.9. The smallest absolute Gasteiger partial charge is 0.338 e. The van der Waals surface area contributed by atoms with Crippen LogP contribution in [-0.4, -0.2) is 35.3 Å². The van der Waals surface area contributed by atoms with Crippen molar-refractivity contribution in [1.29, 1.82) is 0 Å². The average molecular weight is 647 g/mol. The Labute approximate surface area is 274 Å². The van der Waals surface area contributed by atoms with Crippen LogP contribution in [0.15, 0.2) is 118 Å². The molecule has 0 radical (unpaired) electrons. The Kier molecular flexibility index (Phi) is 9.12. The Morgan fingerprint density at radius 3 is 2.38 bits per heavy atom. The molecule has 1 aromatic heterocycles. The number of nitrogens with zero attached hydrogens (tertiary/aromatic N) is 2. The summed E-state index contributed by atoms with van der Waals surface area (Å²) in [6.07, 6.45) is 1.75. The fraction of sp³-hybridized carbons (Fsp3) is 0.135. The van der Waals surface area contributed by atoms with E-state index in [1.807, 2.05) is 60.7 Å². The van der Waals surface area contributed by atoms with Gasteiger partial charge in [-0.15, -0.1) is 0 Å². The lowest BCUT2D eigenvalue weighted by atomic mass is 9.93. The van der Waals surface area contributed by atoms with Gasteiger partial charge in [-0.05, 0) is 54.0 Å². The Bertz CT molecular complexity index is 2170. The molecule has 0 saturated carbocycles. The van der Waals surface area contributed by atoms with Crippen LogP contribution in [0.4, 0.5) is 0 Å². The van der Waals surface area contributed by atoms with E-state index in [0.29, 0.717) is 43.2 Å². The highest BCUT2D eigenvalue weighted by Gasteiger charge is 2.35. The maximum absolute atomic E-state index is 14.1. The summed E-state index contributed by atoms with van der Waals surface area (Å²) < 4.78 is 19.0. The molecule has 5 aromatic rings. The maximum Gasteiger partial charge on any atom is 0.338 e. The Morgan fingerprint density at radius 1 is 0.936 bits per heavy atom. The van der Waals surface area contributed by atoms with Crippen molar-refractivity contribution < 1.29 is 28.9 Å². The second kappa shape index (κ2) is 13.7. The van der Waals surface area contributed by atoms with E-state index in [2.05, 4.69) is 0 Å². The average Bonchev–Trinajstić information content (AvgIpc) is 3.41. The summed E-state index contributed by atoms with van der Waals surface area (Å²) in [5.74, 6) is -0.641. The van der Waals surface area contributed by atoms with E-state index >= 15 is 0 Å². The first kappa shape index (κ1) is 31.3. The van der Waals surface area contributed by atoms with Gasteiger partial charge in [0.1, 0.15) is 6.61 Å². The monoisotopic (exact) mass is 646 g/mol. The molecule has 10 heteroatoms. The van der Waals surface area contributed by atoms with Crippen LogP contribution in [0, 0.1) is 0 Å². The molecule has 0 aliphatic carbocycles. The highest BCUT2D eigenvalue weighted by Crippen LogP contribution is 2.35. The number of thiazole rings is 1. The molecule has 0 bridgehead atoms. The molecule has 6 rings (SSSR count). The second-order valence-corrected chi connectivity index (χ2v) is 11.6. The highest BCUT2D eigenvalue weighted by molar-refractivity contribution is 7.07. The molecule has 9 nitrogen and oxygen atoms in total. The van der Waals surface area contributed by atoms with Crippen LogP contribution in [-0.2, 0) is 16.1 Å². The summed E-state index contributed by atoms with van der Waals surface area (Å²) >= 11 is 1.23. The van der Waals surface area contributed by atoms with Gasteiger partial charge in [0.05, 0.1) is 41.1 Å². The van der Waals surface area contributed by atoms with Crippen molar-refractivity contribution in [2.75, 3.05) is 13.7 Å². The summed E-state index contributed by atoms with van der Waals surface area (Å²) in [7, 11) is 1.52. The van der Waals surface area contributed by atoms with Gasteiger partial charge in [0, 0.05) is 5.56 Å².